The van der Waals surface area contributed by atoms with Gasteiger partial charge in [0.2, 0.25) is 11.8 Å². The number of nitrogens with zero attached hydrogens (tertiary/aromatic N) is 1. The average molecular weight is 516 g/mol. The van der Waals surface area contributed by atoms with E-state index in [1.165, 1.54) is 11.8 Å². The van der Waals surface area contributed by atoms with Crippen molar-refractivity contribution in [2.45, 2.75) is 31.7 Å². The molecule has 1 N–H and O–H groups in total. The monoisotopic (exact) mass is 514 g/mol. The zero-order chi connectivity index (χ0) is 24.3. The second kappa shape index (κ2) is 13.4. The van der Waals surface area contributed by atoms with Crippen molar-refractivity contribution in [3.05, 3.63) is 106 Å². The summed E-state index contributed by atoms with van der Waals surface area (Å²) in [6.07, 6.45) is 0.420. The first-order valence-electron chi connectivity index (χ1n) is 11.1. The van der Waals surface area contributed by atoms with Gasteiger partial charge in [-0.1, -0.05) is 89.9 Å². The summed E-state index contributed by atoms with van der Waals surface area (Å²) in [5.41, 5.74) is 2.96. The minimum Gasteiger partial charge on any atom is -0.355 e. The van der Waals surface area contributed by atoms with E-state index in [1.807, 2.05) is 73.7 Å². The average Bonchev–Trinajstić information content (AvgIpc) is 2.85. The van der Waals surface area contributed by atoms with Crippen LogP contribution >= 0.6 is 35.0 Å². The second-order valence-electron chi connectivity index (χ2n) is 7.85. The maximum Gasteiger partial charge on any atom is 0.243 e. The molecule has 178 valence electrons. The van der Waals surface area contributed by atoms with Crippen LogP contribution < -0.4 is 5.32 Å². The zero-order valence-electron chi connectivity index (χ0n) is 19.0. The molecule has 0 aliphatic carbocycles. The first-order chi connectivity index (χ1) is 16.5. The molecule has 0 heterocycles. The molecule has 0 fully saturated rings. The largest absolute Gasteiger partial charge is 0.355 e. The van der Waals surface area contributed by atoms with E-state index in [0.29, 0.717) is 23.0 Å². The summed E-state index contributed by atoms with van der Waals surface area (Å²) in [5.74, 6) is 0.713. The van der Waals surface area contributed by atoms with Crippen LogP contribution in [0.5, 0.6) is 0 Å². The Bertz CT molecular complexity index is 1080. The normalized spacial score (nSPS) is 11.6. The van der Waals surface area contributed by atoms with Crippen LogP contribution in [-0.2, 0) is 28.3 Å². The first-order valence-corrected chi connectivity index (χ1v) is 13.1. The zero-order valence-corrected chi connectivity index (χ0v) is 21.4. The highest BCUT2D eigenvalue weighted by Crippen LogP contribution is 2.25. The highest BCUT2D eigenvalue weighted by Gasteiger charge is 2.30. The lowest BCUT2D eigenvalue weighted by Crippen LogP contribution is -2.51. The van der Waals surface area contributed by atoms with Crippen LogP contribution in [0, 0.1) is 0 Å². The standard InChI is InChI=1S/C27H28Cl2N2O2S/c1-2-30-27(33)25(16-20-9-5-3-6-10-20)31(17-22-13-14-23(28)24(29)15-22)26(32)19-34-18-21-11-7-4-8-12-21/h3-15,25H,2,16-19H2,1H3,(H,30,33)/t25-/m0/s1. The van der Waals surface area contributed by atoms with Crippen LogP contribution in [-0.4, -0.2) is 35.1 Å². The van der Waals surface area contributed by atoms with E-state index < -0.39 is 6.04 Å². The van der Waals surface area contributed by atoms with Crippen molar-refractivity contribution in [2.24, 2.45) is 0 Å². The Balaban J connectivity index is 1.85. The lowest BCUT2D eigenvalue weighted by atomic mass is 10.0. The summed E-state index contributed by atoms with van der Waals surface area (Å²) in [7, 11) is 0. The Morgan fingerprint density at radius 2 is 1.53 bits per heavy atom. The van der Waals surface area contributed by atoms with E-state index >= 15 is 0 Å². The lowest BCUT2D eigenvalue weighted by Gasteiger charge is -2.31. The Labute approximate surface area is 215 Å². The molecule has 0 unspecified atom stereocenters. The maximum absolute atomic E-state index is 13.5. The van der Waals surface area contributed by atoms with E-state index in [4.69, 9.17) is 23.2 Å². The molecule has 0 bridgehead atoms. The summed E-state index contributed by atoms with van der Waals surface area (Å²) in [6.45, 7) is 2.62. The van der Waals surface area contributed by atoms with E-state index in [2.05, 4.69) is 5.32 Å². The van der Waals surface area contributed by atoms with Crippen LogP contribution in [0.3, 0.4) is 0 Å². The highest BCUT2D eigenvalue weighted by atomic mass is 35.5. The molecule has 0 saturated carbocycles. The van der Waals surface area contributed by atoms with Gasteiger partial charge < -0.3 is 10.2 Å². The van der Waals surface area contributed by atoms with Gasteiger partial charge in [0.25, 0.3) is 0 Å². The smallest absolute Gasteiger partial charge is 0.243 e. The molecular weight excluding hydrogens is 487 g/mol. The predicted octanol–water partition coefficient (Wildman–Crippen LogP) is 6.00. The number of carbonyl (C=O) groups excluding carboxylic acids is 2. The molecular formula is C27H28Cl2N2O2S. The predicted molar refractivity (Wildman–Crippen MR) is 142 cm³/mol. The van der Waals surface area contributed by atoms with E-state index in [1.54, 1.807) is 17.0 Å². The molecule has 7 heteroatoms. The molecule has 0 spiro atoms. The number of hydrogen-bond donors (Lipinski definition) is 1. The minimum atomic E-state index is -0.651. The van der Waals surface area contributed by atoms with Crippen LogP contribution in [0.1, 0.15) is 23.6 Å². The van der Waals surface area contributed by atoms with Crippen molar-refractivity contribution in [3.63, 3.8) is 0 Å². The van der Waals surface area contributed by atoms with Crippen LogP contribution in [0.2, 0.25) is 10.0 Å². The molecule has 0 aliphatic heterocycles. The van der Waals surface area contributed by atoms with Crippen LogP contribution in [0.4, 0.5) is 0 Å². The minimum absolute atomic E-state index is 0.0980. The second-order valence-corrected chi connectivity index (χ2v) is 9.65. The van der Waals surface area contributed by atoms with Gasteiger partial charge in [-0.2, -0.15) is 0 Å². The first kappa shape index (κ1) is 26.1. The van der Waals surface area contributed by atoms with E-state index in [9.17, 15) is 9.59 Å². The fourth-order valence-corrected chi connectivity index (χ4v) is 4.79. The van der Waals surface area contributed by atoms with E-state index in [-0.39, 0.29) is 24.1 Å². The van der Waals surface area contributed by atoms with Crippen molar-refractivity contribution < 1.29 is 9.59 Å². The lowest BCUT2D eigenvalue weighted by molar-refractivity contribution is -0.139. The topological polar surface area (TPSA) is 49.4 Å². The third-order valence-electron chi connectivity index (χ3n) is 5.30. The molecule has 0 radical (unpaired) electrons. The summed E-state index contributed by atoms with van der Waals surface area (Å²) in [6, 6.07) is 24.4. The Hall–Kier alpha value is -2.47. The van der Waals surface area contributed by atoms with Gasteiger partial charge in [0.1, 0.15) is 6.04 Å². The maximum atomic E-state index is 13.5. The van der Waals surface area contributed by atoms with Gasteiger partial charge in [-0.15, -0.1) is 11.8 Å². The number of thioether (sulfide) groups is 1. The van der Waals surface area contributed by atoms with Crippen LogP contribution in [0.25, 0.3) is 0 Å². The number of rotatable bonds is 11. The Morgan fingerprint density at radius 1 is 0.882 bits per heavy atom. The number of amides is 2. The van der Waals surface area contributed by atoms with Crippen molar-refractivity contribution in [1.29, 1.82) is 0 Å². The molecule has 3 rings (SSSR count). The molecule has 1 atom stereocenters. The summed E-state index contributed by atoms with van der Waals surface area (Å²) >= 11 is 13.9. The van der Waals surface area contributed by atoms with Crippen LogP contribution in [0.15, 0.2) is 78.9 Å². The number of benzene rings is 3. The molecule has 2 amide bonds. The van der Waals surface area contributed by atoms with Gasteiger partial charge in [0.05, 0.1) is 15.8 Å². The summed E-state index contributed by atoms with van der Waals surface area (Å²) in [5, 5.41) is 3.77. The van der Waals surface area contributed by atoms with Crippen molar-refractivity contribution in [3.8, 4) is 0 Å². The number of carbonyl (C=O) groups is 2. The van der Waals surface area contributed by atoms with Crippen molar-refractivity contribution in [2.75, 3.05) is 12.3 Å². The third kappa shape index (κ3) is 7.79. The molecule has 0 saturated heterocycles. The van der Waals surface area contributed by atoms with Crippen molar-refractivity contribution >= 4 is 46.8 Å². The highest BCUT2D eigenvalue weighted by molar-refractivity contribution is 7.99. The molecule has 0 aromatic heterocycles. The van der Waals surface area contributed by atoms with Gasteiger partial charge in [-0.05, 0) is 35.7 Å². The number of nitrogens with one attached hydrogen (secondary N) is 1. The fourth-order valence-electron chi connectivity index (χ4n) is 3.59. The number of hydrogen-bond acceptors (Lipinski definition) is 3. The van der Waals surface area contributed by atoms with Crippen molar-refractivity contribution in [1.82, 2.24) is 10.2 Å². The third-order valence-corrected chi connectivity index (χ3v) is 7.02. The SMILES string of the molecule is CCNC(=O)[C@H](Cc1ccccc1)N(Cc1ccc(Cl)c(Cl)c1)C(=O)CSCc1ccccc1. The molecule has 4 nitrogen and oxygen atoms in total. The molecule has 3 aromatic carbocycles. The van der Waals surface area contributed by atoms with Gasteiger partial charge in [0, 0.05) is 25.3 Å². The number of halogens is 2. The quantitative estimate of drug-likeness (QED) is 0.341. The fraction of sp³-hybridized carbons (Fsp3) is 0.259. The summed E-state index contributed by atoms with van der Waals surface area (Å²) < 4.78 is 0. The van der Waals surface area contributed by atoms with E-state index in [0.717, 1.165) is 22.4 Å². The van der Waals surface area contributed by atoms with Gasteiger partial charge in [-0.25, -0.2) is 0 Å². The van der Waals surface area contributed by atoms with Gasteiger partial charge in [-0.3, -0.25) is 9.59 Å². The molecule has 0 aliphatic rings. The Kier molecular flexibility index (Phi) is 10.3. The van der Waals surface area contributed by atoms with Gasteiger partial charge >= 0.3 is 0 Å². The number of likely N-dealkylation sites (N-methyl/N-ethyl adjacent to an activating group) is 1. The summed E-state index contributed by atoms with van der Waals surface area (Å²) in [4.78, 5) is 28.3. The van der Waals surface area contributed by atoms with Gasteiger partial charge in [0.15, 0.2) is 0 Å². The Morgan fingerprint density at radius 3 is 2.15 bits per heavy atom. The molecule has 3 aromatic rings. The molecule has 34 heavy (non-hydrogen) atoms.